The van der Waals surface area contributed by atoms with E-state index in [2.05, 4.69) is 5.32 Å². The first kappa shape index (κ1) is 22.7. The smallest absolute Gasteiger partial charge is 0.247 e. The number of carbonyl (C=O) groups excluding carboxylic acids is 2. The molecule has 0 spiro atoms. The number of methoxy groups -OCH3 is 2. The van der Waals surface area contributed by atoms with Crippen molar-refractivity contribution in [2.75, 3.05) is 26.6 Å². The Hall–Kier alpha value is -1.63. The van der Waals surface area contributed by atoms with Crippen LogP contribution in [-0.4, -0.2) is 55.7 Å². The van der Waals surface area contributed by atoms with Crippen LogP contribution in [0.25, 0.3) is 0 Å². The van der Waals surface area contributed by atoms with Gasteiger partial charge in [-0.15, -0.1) is 11.6 Å². The van der Waals surface area contributed by atoms with Gasteiger partial charge in [-0.2, -0.15) is 0 Å². The summed E-state index contributed by atoms with van der Waals surface area (Å²) in [6.07, 6.45) is 4.71. The van der Waals surface area contributed by atoms with Crippen molar-refractivity contribution in [3.63, 3.8) is 0 Å². The molecule has 0 bridgehead atoms. The van der Waals surface area contributed by atoms with Crippen LogP contribution in [0.15, 0.2) is 24.3 Å². The van der Waals surface area contributed by atoms with Crippen LogP contribution < -0.4 is 5.32 Å². The van der Waals surface area contributed by atoms with E-state index >= 15 is 0 Å². The molecule has 1 atom stereocenters. The van der Waals surface area contributed by atoms with E-state index in [1.165, 1.54) is 25.5 Å². The Bertz CT molecular complexity index is 645. The number of ether oxygens (including phenoxy) is 2. The summed E-state index contributed by atoms with van der Waals surface area (Å²) in [5.41, 5.74) is 1.71. The van der Waals surface area contributed by atoms with Crippen molar-refractivity contribution < 1.29 is 19.1 Å². The molecule has 1 aliphatic carbocycles. The van der Waals surface area contributed by atoms with E-state index in [1.807, 2.05) is 31.2 Å². The number of rotatable bonds is 9. The molecule has 1 aliphatic rings. The summed E-state index contributed by atoms with van der Waals surface area (Å²) in [7, 11) is 3.00. The minimum Gasteiger partial charge on any atom is -0.354 e. The molecule has 0 aromatic heterocycles. The lowest BCUT2D eigenvalue weighted by atomic mass is 9.94. The van der Waals surface area contributed by atoms with Gasteiger partial charge < -0.3 is 19.7 Å². The summed E-state index contributed by atoms with van der Waals surface area (Å²) in [5, 5.41) is 3.16. The minimum atomic E-state index is -0.790. The first-order valence-corrected chi connectivity index (χ1v) is 10.3. The third-order valence-electron chi connectivity index (χ3n) is 5.30. The van der Waals surface area contributed by atoms with Gasteiger partial charge in [0.2, 0.25) is 11.8 Å². The van der Waals surface area contributed by atoms with E-state index in [0.29, 0.717) is 0 Å². The molecule has 0 saturated heterocycles. The molecular formula is C21H31ClN2O4. The number of amides is 2. The summed E-state index contributed by atoms with van der Waals surface area (Å²) in [4.78, 5) is 27.5. The monoisotopic (exact) mass is 410 g/mol. The third-order valence-corrected chi connectivity index (χ3v) is 5.53. The van der Waals surface area contributed by atoms with Gasteiger partial charge in [0, 0.05) is 20.3 Å². The van der Waals surface area contributed by atoms with Crippen LogP contribution >= 0.6 is 11.6 Å². The van der Waals surface area contributed by atoms with Crippen molar-refractivity contribution >= 4 is 23.4 Å². The topological polar surface area (TPSA) is 67.9 Å². The first-order chi connectivity index (χ1) is 13.5. The number of hydrogen-bond acceptors (Lipinski definition) is 4. The highest BCUT2D eigenvalue weighted by Gasteiger charge is 2.34. The summed E-state index contributed by atoms with van der Waals surface area (Å²) in [5.74, 6) is -0.752. The van der Waals surface area contributed by atoms with Gasteiger partial charge in [0.1, 0.15) is 11.9 Å². The summed E-state index contributed by atoms with van der Waals surface area (Å²) < 4.78 is 10.6. The van der Waals surface area contributed by atoms with Gasteiger partial charge in [0.05, 0.1) is 6.54 Å². The van der Waals surface area contributed by atoms with Crippen LogP contribution in [0.4, 0.5) is 0 Å². The second kappa shape index (κ2) is 11.4. The van der Waals surface area contributed by atoms with Crippen molar-refractivity contribution in [3.8, 4) is 0 Å². The van der Waals surface area contributed by atoms with E-state index in [4.69, 9.17) is 21.1 Å². The van der Waals surface area contributed by atoms with Gasteiger partial charge in [0.25, 0.3) is 0 Å². The molecule has 7 heteroatoms. The molecule has 0 aliphatic heterocycles. The van der Waals surface area contributed by atoms with Crippen molar-refractivity contribution in [2.24, 2.45) is 0 Å². The molecule has 1 aromatic rings. The maximum atomic E-state index is 13.4. The van der Waals surface area contributed by atoms with Crippen LogP contribution in [0, 0.1) is 6.92 Å². The molecular weight excluding hydrogens is 380 g/mol. The van der Waals surface area contributed by atoms with Gasteiger partial charge in [-0.3, -0.25) is 9.59 Å². The number of carbonyl (C=O) groups is 2. The molecule has 1 aromatic carbocycles. The molecule has 2 amide bonds. The number of hydrogen-bond donors (Lipinski definition) is 1. The van der Waals surface area contributed by atoms with Gasteiger partial charge in [-0.1, -0.05) is 43.5 Å². The lowest BCUT2D eigenvalue weighted by Gasteiger charge is -2.35. The van der Waals surface area contributed by atoms with Crippen molar-refractivity contribution in [2.45, 2.75) is 57.4 Å². The molecule has 156 valence electrons. The van der Waals surface area contributed by atoms with Gasteiger partial charge in [-0.05, 0) is 30.9 Å². The maximum absolute atomic E-state index is 13.4. The highest BCUT2D eigenvalue weighted by molar-refractivity contribution is 6.27. The fraction of sp³-hybridized carbons (Fsp3) is 0.619. The zero-order valence-corrected chi connectivity index (χ0v) is 17.7. The zero-order chi connectivity index (χ0) is 20.5. The van der Waals surface area contributed by atoms with Crippen molar-refractivity contribution in [1.82, 2.24) is 10.2 Å². The Kier molecular flexibility index (Phi) is 9.22. The Balaban J connectivity index is 2.37. The molecule has 1 N–H and O–H groups in total. The summed E-state index contributed by atoms with van der Waals surface area (Å²) in [6, 6.07) is 6.95. The lowest BCUT2D eigenvalue weighted by Crippen LogP contribution is -2.50. The first-order valence-electron chi connectivity index (χ1n) is 9.78. The highest BCUT2D eigenvalue weighted by Crippen LogP contribution is 2.27. The largest absolute Gasteiger partial charge is 0.354 e. The maximum Gasteiger partial charge on any atom is 0.247 e. The number of alkyl halides is 1. The summed E-state index contributed by atoms with van der Waals surface area (Å²) in [6.45, 7) is 2.04. The molecule has 0 radical (unpaired) electrons. The number of nitrogens with zero attached hydrogens (tertiary/aromatic N) is 1. The lowest BCUT2D eigenvalue weighted by molar-refractivity contribution is -0.153. The zero-order valence-electron chi connectivity index (χ0n) is 16.9. The number of benzene rings is 1. The fourth-order valence-electron chi connectivity index (χ4n) is 3.71. The second-order valence-electron chi connectivity index (χ2n) is 7.18. The SMILES string of the molecule is COC(CN(C(=O)CCl)[C@H](C(=O)NC1CCCCC1)c1ccccc1C)OC. The van der Waals surface area contributed by atoms with Crippen LogP contribution in [0.2, 0.25) is 0 Å². The van der Waals surface area contributed by atoms with E-state index in [0.717, 1.165) is 36.8 Å². The second-order valence-corrected chi connectivity index (χ2v) is 7.45. The minimum absolute atomic E-state index is 0.107. The number of halogens is 1. The number of aryl methyl sites for hydroxylation is 1. The van der Waals surface area contributed by atoms with E-state index in [1.54, 1.807) is 0 Å². The molecule has 1 fully saturated rings. The Morgan fingerprint density at radius 1 is 1.18 bits per heavy atom. The standard InChI is InChI=1S/C21H31ClN2O4/c1-15-9-7-8-12-17(15)20(21(26)23-16-10-5-4-6-11-16)24(18(25)13-22)14-19(27-2)28-3/h7-9,12,16,19-20H,4-6,10-11,13-14H2,1-3H3,(H,23,26)/t20-/m0/s1. The Morgan fingerprint density at radius 3 is 2.39 bits per heavy atom. The molecule has 0 heterocycles. The molecule has 2 rings (SSSR count). The van der Waals surface area contributed by atoms with Gasteiger partial charge >= 0.3 is 0 Å². The van der Waals surface area contributed by atoms with E-state index < -0.39 is 12.3 Å². The Labute approximate surface area is 172 Å². The normalized spacial score (nSPS) is 16.0. The predicted molar refractivity (Wildman–Crippen MR) is 109 cm³/mol. The predicted octanol–water partition coefficient (Wildman–Crippen LogP) is 3.17. The van der Waals surface area contributed by atoms with Crippen LogP contribution in [0.3, 0.4) is 0 Å². The van der Waals surface area contributed by atoms with E-state index in [-0.39, 0.29) is 30.3 Å². The van der Waals surface area contributed by atoms with Gasteiger partial charge in [0.15, 0.2) is 6.29 Å². The van der Waals surface area contributed by atoms with Crippen LogP contribution in [0.1, 0.15) is 49.3 Å². The molecule has 28 heavy (non-hydrogen) atoms. The number of nitrogens with one attached hydrogen (secondary N) is 1. The van der Waals surface area contributed by atoms with Crippen LogP contribution in [-0.2, 0) is 19.1 Å². The average Bonchev–Trinajstić information content (AvgIpc) is 2.72. The molecule has 1 saturated carbocycles. The molecule has 0 unspecified atom stereocenters. The Morgan fingerprint density at radius 2 is 1.82 bits per heavy atom. The third kappa shape index (κ3) is 5.93. The fourth-order valence-corrected chi connectivity index (χ4v) is 3.86. The van der Waals surface area contributed by atoms with E-state index in [9.17, 15) is 9.59 Å². The van der Waals surface area contributed by atoms with Crippen LogP contribution in [0.5, 0.6) is 0 Å². The van der Waals surface area contributed by atoms with Gasteiger partial charge in [-0.25, -0.2) is 0 Å². The average molecular weight is 411 g/mol. The van der Waals surface area contributed by atoms with Crippen molar-refractivity contribution in [3.05, 3.63) is 35.4 Å². The highest BCUT2D eigenvalue weighted by atomic mass is 35.5. The van der Waals surface area contributed by atoms with Crippen molar-refractivity contribution in [1.29, 1.82) is 0 Å². The quantitative estimate of drug-likeness (QED) is 0.501. The summed E-state index contributed by atoms with van der Waals surface area (Å²) >= 11 is 5.88. The molecule has 6 nitrogen and oxygen atoms in total.